The van der Waals surface area contributed by atoms with Crippen LogP contribution in [0.3, 0.4) is 0 Å². The first kappa shape index (κ1) is 38.5. The molecule has 19 heteroatoms. The Bertz CT molecular complexity index is 1420. The molecule has 49 heavy (non-hydrogen) atoms. The fourth-order valence-electron chi connectivity index (χ4n) is 4.43. The summed E-state index contributed by atoms with van der Waals surface area (Å²) in [5.74, 6) is -4.65. The van der Waals surface area contributed by atoms with Crippen molar-refractivity contribution in [2.75, 3.05) is 38.2 Å². The van der Waals surface area contributed by atoms with E-state index in [4.69, 9.17) is 18.9 Å². The number of nitrogens with one attached hydrogen (secondary N) is 3. The average Bonchev–Trinajstić information content (AvgIpc) is 3.37. The fraction of sp³-hybridized carbons (Fsp3) is 0.500. The first-order valence-electron chi connectivity index (χ1n) is 15.1. The molecule has 2 aliphatic heterocycles. The predicted molar refractivity (Wildman–Crippen MR) is 162 cm³/mol. The van der Waals surface area contributed by atoms with Crippen LogP contribution in [0, 0.1) is 0 Å². The highest BCUT2D eigenvalue weighted by atomic mass is 16.7. The van der Waals surface area contributed by atoms with E-state index in [1.807, 2.05) is 0 Å². The van der Waals surface area contributed by atoms with E-state index in [-0.39, 0.29) is 76.1 Å². The van der Waals surface area contributed by atoms with Gasteiger partial charge in [0.15, 0.2) is 6.10 Å². The lowest BCUT2D eigenvalue weighted by Gasteiger charge is -2.38. The highest BCUT2D eigenvalue weighted by Gasteiger charge is 2.48. The number of nitrogens with zero attached hydrogens (tertiary/aromatic N) is 1. The molecule has 3 rings (SSSR count). The molecule has 5 atom stereocenters. The van der Waals surface area contributed by atoms with Crippen LogP contribution in [-0.4, -0.2) is 130 Å². The van der Waals surface area contributed by atoms with E-state index in [0.717, 1.165) is 17.1 Å². The lowest BCUT2D eigenvalue weighted by atomic mass is 9.99. The molecule has 5 amide bonds. The Morgan fingerprint density at radius 2 is 1.53 bits per heavy atom. The van der Waals surface area contributed by atoms with E-state index < -0.39 is 66.3 Å². The smallest absolute Gasteiger partial charge is 0.335 e. The first-order chi connectivity index (χ1) is 23.3. The third-order valence-corrected chi connectivity index (χ3v) is 7.00. The van der Waals surface area contributed by atoms with Crippen molar-refractivity contribution < 1.29 is 72.9 Å². The number of benzene rings is 1. The SMILES string of the molecule is CC(=O)OCc1ccc(O[C@@H]2O[C@H](C(=O)O)[C@@H](O)[C@H](O)[C@H]2O)c(NC(=O)CCNC(=O)CCOCCNC(=O)CCN2C(=O)C=CC2=O)c1. The van der Waals surface area contributed by atoms with Crippen LogP contribution >= 0.6 is 0 Å². The summed E-state index contributed by atoms with van der Waals surface area (Å²) in [5.41, 5.74) is 0.419. The van der Waals surface area contributed by atoms with Gasteiger partial charge in [-0.15, -0.1) is 0 Å². The van der Waals surface area contributed by atoms with Crippen molar-refractivity contribution in [2.45, 2.75) is 63.5 Å². The van der Waals surface area contributed by atoms with Gasteiger partial charge in [0.05, 0.1) is 18.9 Å². The molecule has 2 heterocycles. The second kappa shape index (κ2) is 18.6. The number of aliphatic hydroxyl groups is 3. The van der Waals surface area contributed by atoms with E-state index in [1.165, 1.54) is 25.1 Å². The van der Waals surface area contributed by atoms with E-state index in [1.54, 1.807) is 0 Å². The Morgan fingerprint density at radius 1 is 0.857 bits per heavy atom. The van der Waals surface area contributed by atoms with Crippen LogP contribution < -0.4 is 20.7 Å². The van der Waals surface area contributed by atoms with E-state index in [0.29, 0.717) is 5.56 Å². The zero-order chi connectivity index (χ0) is 36.1. The Labute approximate surface area is 279 Å². The molecule has 1 aromatic rings. The number of carboxylic acids is 1. The van der Waals surface area contributed by atoms with Gasteiger partial charge >= 0.3 is 11.9 Å². The second-order valence-electron chi connectivity index (χ2n) is 10.7. The molecule has 0 spiro atoms. The van der Waals surface area contributed by atoms with Crippen LogP contribution in [0.4, 0.5) is 5.69 Å². The summed E-state index contributed by atoms with van der Waals surface area (Å²) < 4.78 is 21.0. The minimum Gasteiger partial charge on any atom is -0.479 e. The highest BCUT2D eigenvalue weighted by molar-refractivity contribution is 6.13. The van der Waals surface area contributed by atoms with Crippen molar-refractivity contribution in [2.24, 2.45) is 0 Å². The van der Waals surface area contributed by atoms with E-state index >= 15 is 0 Å². The van der Waals surface area contributed by atoms with Crippen LogP contribution in [0.15, 0.2) is 30.4 Å². The Hall–Kier alpha value is -4.95. The van der Waals surface area contributed by atoms with Crippen LogP contribution in [0.2, 0.25) is 0 Å². The molecule has 268 valence electrons. The van der Waals surface area contributed by atoms with Crippen molar-refractivity contribution in [3.8, 4) is 5.75 Å². The normalized spacial score (nSPS) is 21.6. The molecule has 0 aromatic heterocycles. The summed E-state index contributed by atoms with van der Waals surface area (Å²) in [6, 6.07) is 4.16. The number of rotatable bonds is 18. The van der Waals surface area contributed by atoms with Gasteiger partial charge in [-0.25, -0.2) is 4.79 Å². The van der Waals surface area contributed by atoms with E-state index in [2.05, 4.69) is 16.0 Å². The maximum Gasteiger partial charge on any atom is 0.335 e. The van der Waals surface area contributed by atoms with Gasteiger partial charge in [-0.1, -0.05) is 6.07 Å². The van der Waals surface area contributed by atoms with Gasteiger partial charge in [0.25, 0.3) is 11.8 Å². The van der Waals surface area contributed by atoms with Crippen molar-refractivity contribution >= 4 is 47.2 Å². The minimum absolute atomic E-state index is 0.000197. The average molecular weight is 695 g/mol. The lowest BCUT2D eigenvalue weighted by molar-refractivity contribution is -0.271. The number of carboxylic acid groups (broad SMARTS) is 1. The molecule has 0 saturated carbocycles. The van der Waals surface area contributed by atoms with Gasteiger partial charge in [-0.3, -0.25) is 33.7 Å². The summed E-state index contributed by atoms with van der Waals surface area (Å²) >= 11 is 0. The monoisotopic (exact) mass is 694 g/mol. The highest BCUT2D eigenvalue weighted by Crippen LogP contribution is 2.31. The number of hydrogen-bond donors (Lipinski definition) is 7. The molecule has 0 bridgehead atoms. The van der Waals surface area contributed by atoms with Gasteiger partial charge in [0, 0.05) is 58.0 Å². The molecular weight excluding hydrogens is 656 g/mol. The predicted octanol–water partition coefficient (Wildman–Crippen LogP) is -2.70. The third-order valence-electron chi connectivity index (χ3n) is 7.00. The molecule has 1 fully saturated rings. The van der Waals surface area contributed by atoms with Gasteiger partial charge in [-0.05, 0) is 17.7 Å². The van der Waals surface area contributed by atoms with Crippen LogP contribution in [0.1, 0.15) is 31.7 Å². The van der Waals surface area contributed by atoms with Crippen LogP contribution in [0.25, 0.3) is 0 Å². The zero-order valence-corrected chi connectivity index (χ0v) is 26.4. The summed E-state index contributed by atoms with van der Waals surface area (Å²) in [6.07, 6.45) is -7.46. The Kier molecular flexibility index (Phi) is 14.6. The number of hydrogen-bond acceptors (Lipinski definition) is 14. The molecule has 1 aromatic carbocycles. The topological polar surface area (TPSA) is 277 Å². The summed E-state index contributed by atoms with van der Waals surface area (Å²) in [4.78, 5) is 83.4. The van der Waals surface area contributed by atoms with Crippen molar-refractivity contribution in [3.05, 3.63) is 35.9 Å². The lowest BCUT2D eigenvalue weighted by Crippen LogP contribution is -2.61. The number of ether oxygens (including phenoxy) is 4. The van der Waals surface area contributed by atoms with Gasteiger partial charge < -0.3 is 55.3 Å². The number of aliphatic hydroxyl groups excluding tert-OH is 3. The maximum atomic E-state index is 12.7. The second-order valence-corrected chi connectivity index (χ2v) is 10.7. The number of esters is 1. The number of anilines is 1. The number of aliphatic carboxylic acids is 1. The van der Waals surface area contributed by atoms with Gasteiger partial charge in [0.2, 0.25) is 24.0 Å². The molecule has 19 nitrogen and oxygen atoms in total. The summed E-state index contributed by atoms with van der Waals surface area (Å²) in [5, 5.41) is 47.3. The number of imide groups is 1. The molecule has 1 saturated heterocycles. The summed E-state index contributed by atoms with van der Waals surface area (Å²) in [6.45, 7) is 1.19. The first-order valence-corrected chi connectivity index (χ1v) is 15.1. The van der Waals surface area contributed by atoms with E-state index in [9.17, 15) is 54.0 Å². The largest absolute Gasteiger partial charge is 0.479 e. The standard InChI is InChI=1S/C30H38N4O15/c1-16(35)47-15-17-2-3-19(48-30-27(43)25(41)26(42)28(49-30)29(44)45)18(14-17)33-22(38)6-9-31-21(37)8-12-46-13-10-32-20(36)7-11-34-23(39)4-5-24(34)40/h2-5,14,25-28,30,41-43H,6-13,15H2,1H3,(H,31,37)(H,32,36)(H,33,38)(H,44,45)/t25-,26-,27+,28-,30+/m0/s1. The minimum atomic E-state index is -1.94. The summed E-state index contributed by atoms with van der Waals surface area (Å²) in [7, 11) is 0. The van der Waals surface area contributed by atoms with Crippen molar-refractivity contribution in [1.29, 1.82) is 0 Å². The number of carbonyl (C=O) groups is 7. The molecule has 2 aliphatic rings. The van der Waals surface area contributed by atoms with Gasteiger partial charge in [-0.2, -0.15) is 0 Å². The van der Waals surface area contributed by atoms with Gasteiger partial charge in [0.1, 0.15) is 30.7 Å². The number of carbonyl (C=O) groups excluding carboxylic acids is 6. The molecule has 7 N–H and O–H groups in total. The molecular formula is C30H38N4O15. The Balaban J connectivity index is 1.42. The zero-order valence-electron chi connectivity index (χ0n) is 26.4. The quantitative estimate of drug-likeness (QED) is 0.0468. The third kappa shape index (κ3) is 11.9. The molecule has 0 radical (unpaired) electrons. The molecule has 0 aliphatic carbocycles. The fourth-order valence-corrected chi connectivity index (χ4v) is 4.43. The van der Waals surface area contributed by atoms with Crippen LogP contribution in [0.5, 0.6) is 5.75 Å². The number of amides is 5. The van der Waals surface area contributed by atoms with Crippen molar-refractivity contribution in [1.82, 2.24) is 15.5 Å². The van der Waals surface area contributed by atoms with Crippen molar-refractivity contribution in [3.63, 3.8) is 0 Å². The molecule has 0 unspecified atom stereocenters. The maximum absolute atomic E-state index is 12.7. The Morgan fingerprint density at radius 3 is 2.20 bits per heavy atom. The van der Waals surface area contributed by atoms with Crippen LogP contribution in [-0.2, 0) is 54.4 Å².